The van der Waals surface area contributed by atoms with Crippen molar-refractivity contribution < 1.29 is 4.79 Å². The largest absolute Gasteiger partial charge is 0.350 e. The van der Waals surface area contributed by atoms with Crippen LogP contribution in [0.3, 0.4) is 0 Å². The summed E-state index contributed by atoms with van der Waals surface area (Å²) in [6, 6.07) is 10.6. The molecule has 0 aliphatic carbocycles. The Balaban J connectivity index is 1.30. The number of carbonyl (C=O) groups excluding carboxylic acids is 1. The molecular weight excluding hydrogens is 350 g/mol. The lowest BCUT2D eigenvalue weighted by Crippen LogP contribution is -2.48. The third-order valence-corrected chi connectivity index (χ3v) is 5.74. The quantitative estimate of drug-likeness (QED) is 0.685. The van der Waals surface area contributed by atoms with Crippen molar-refractivity contribution in [2.75, 3.05) is 26.2 Å². The maximum Gasteiger partial charge on any atom is 0.224 e. The summed E-state index contributed by atoms with van der Waals surface area (Å²) in [7, 11) is 2.10. The first kappa shape index (κ1) is 18.7. The van der Waals surface area contributed by atoms with Crippen LogP contribution in [0.2, 0.25) is 0 Å². The van der Waals surface area contributed by atoms with Crippen molar-refractivity contribution in [3.05, 3.63) is 53.5 Å². The van der Waals surface area contributed by atoms with Crippen LogP contribution >= 0.6 is 0 Å². The molecular formula is C22H29N5O. The highest BCUT2D eigenvalue weighted by Crippen LogP contribution is 2.22. The number of aryl methyl sites for hydroxylation is 4. The van der Waals surface area contributed by atoms with Gasteiger partial charge in [0.2, 0.25) is 5.91 Å². The number of amides is 1. The van der Waals surface area contributed by atoms with Crippen molar-refractivity contribution in [3.63, 3.8) is 0 Å². The summed E-state index contributed by atoms with van der Waals surface area (Å²) in [6.07, 6.45) is 2.75. The fraction of sp³-hybridized carbons (Fsp3) is 0.455. The first-order valence-corrected chi connectivity index (χ1v) is 10.1. The monoisotopic (exact) mass is 379 g/mol. The summed E-state index contributed by atoms with van der Waals surface area (Å²) < 4.78 is 4.13. The molecule has 2 aromatic heterocycles. The van der Waals surface area contributed by atoms with E-state index in [1.807, 2.05) is 23.4 Å². The van der Waals surface area contributed by atoms with E-state index in [0.717, 1.165) is 44.1 Å². The zero-order chi connectivity index (χ0) is 19.7. The second kappa shape index (κ2) is 7.80. The van der Waals surface area contributed by atoms with Crippen LogP contribution in [0.15, 0.2) is 36.5 Å². The summed E-state index contributed by atoms with van der Waals surface area (Å²) in [5.74, 6) is 0.234. The number of rotatable bonds is 5. The Labute approximate surface area is 166 Å². The molecule has 3 aromatic rings. The van der Waals surface area contributed by atoms with Crippen molar-refractivity contribution >= 4 is 16.8 Å². The maximum absolute atomic E-state index is 12.6. The first-order valence-electron chi connectivity index (χ1n) is 10.1. The van der Waals surface area contributed by atoms with Gasteiger partial charge >= 0.3 is 0 Å². The summed E-state index contributed by atoms with van der Waals surface area (Å²) in [6.45, 7) is 9.09. The van der Waals surface area contributed by atoms with Gasteiger partial charge in [0.25, 0.3) is 0 Å². The smallest absolute Gasteiger partial charge is 0.224 e. The molecule has 28 heavy (non-hydrogen) atoms. The number of para-hydroxylation sites is 1. The van der Waals surface area contributed by atoms with Gasteiger partial charge in [-0.25, -0.2) is 0 Å². The SMILES string of the molecule is Cc1cc(C)n(CCC(=O)N2CCN(Cc3cn(C)c4ccccc34)CC2)n1. The number of nitrogens with zero attached hydrogens (tertiary/aromatic N) is 5. The lowest BCUT2D eigenvalue weighted by Gasteiger charge is -2.34. The molecule has 6 heteroatoms. The van der Waals surface area contributed by atoms with E-state index in [9.17, 15) is 4.79 Å². The molecule has 1 fully saturated rings. The number of piperazine rings is 1. The highest BCUT2D eigenvalue weighted by atomic mass is 16.2. The number of aromatic nitrogens is 3. The normalized spacial score (nSPS) is 15.5. The van der Waals surface area contributed by atoms with Crippen molar-refractivity contribution in [2.24, 2.45) is 7.05 Å². The second-order valence-electron chi connectivity index (χ2n) is 7.84. The lowest BCUT2D eigenvalue weighted by atomic mass is 10.1. The van der Waals surface area contributed by atoms with Gasteiger partial charge < -0.3 is 9.47 Å². The number of benzene rings is 1. The third-order valence-electron chi connectivity index (χ3n) is 5.74. The van der Waals surface area contributed by atoms with E-state index >= 15 is 0 Å². The van der Waals surface area contributed by atoms with Crippen molar-refractivity contribution in [1.82, 2.24) is 24.1 Å². The fourth-order valence-corrected chi connectivity index (χ4v) is 4.21. The average Bonchev–Trinajstić information content (AvgIpc) is 3.19. The number of hydrogen-bond donors (Lipinski definition) is 0. The molecule has 1 aliphatic rings. The summed E-state index contributed by atoms with van der Waals surface area (Å²) in [5, 5.41) is 5.78. The summed E-state index contributed by atoms with van der Waals surface area (Å²) in [4.78, 5) is 17.1. The van der Waals surface area contributed by atoms with Gasteiger partial charge in [-0.05, 0) is 31.5 Å². The van der Waals surface area contributed by atoms with E-state index < -0.39 is 0 Å². The van der Waals surface area contributed by atoms with Gasteiger partial charge in [-0.3, -0.25) is 14.4 Å². The molecule has 148 valence electrons. The van der Waals surface area contributed by atoms with Gasteiger partial charge in [0.05, 0.1) is 5.69 Å². The highest BCUT2D eigenvalue weighted by Gasteiger charge is 2.22. The first-order chi connectivity index (χ1) is 13.5. The Hall–Kier alpha value is -2.60. The van der Waals surface area contributed by atoms with Crippen LogP contribution in [0.5, 0.6) is 0 Å². The maximum atomic E-state index is 12.6. The van der Waals surface area contributed by atoms with Crippen LogP contribution in [-0.2, 0) is 24.9 Å². The summed E-state index contributed by atoms with van der Waals surface area (Å²) in [5.41, 5.74) is 4.76. The Morgan fingerprint density at radius 2 is 1.86 bits per heavy atom. The van der Waals surface area contributed by atoms with Gasteiger partial charge in [-0.1, -0.05) is 18.2 Å². The standard InChI is InChI=1S/C22H29N5O/c1-17-14-18(2)27(23-17)9-8-22(28)26-12-10-25(11-13-26)16-19-15-24(3)21-7-5-4-6-20(19)21/h4-7,14-15H,8-13,16H2,1-3H3. The molecule has 1 amide bonds. The molecule has 0 saturated carbocycles. The average molecular weight is 380 g/mol. The molecule has 0 bridgehead atoms. The lowest BCUT2D eigenvalue weighted by molar-refractivity contribution is -0.133. The molecule has 0 atom stereocenters. The van der Waals surface area contributed by atoms with Crippen molar-refractivity contribution in [3.8, 4) is 0 Å². The second-order valence-corrected chi connectivity index (χ2v) is 7.84. The predicted molar refractivity (Wildman–Crippen MR) is 111 cm³/mol. The van der Waals surface area contributed by atoms with Crippen molar-refractivity contribution in [2.45, 2.75) is 33.4 Å². The van der Waals surface area contributed by atoms with E-state index in [1.165, 1.54) is 16.5 Å². The van der Waals surface area contributed by atoms with Gasteiger partial charge in [-0.15, -0.1) is 0 Å². The zero-order valence-electron chi connectivity index (χ0n) is 17.1. The van der Waals surface area contributed by atoms with E-state index in [0.29, 0.717) is 13.0 Å². The zero-order valence-corrected chi connectivity index (χ0v) is 17.1. The Bertz CT molecular complexity index is 978. The summed E-state index contributed by atoms with van der Waals surface area (Å²) >= 11 is 0. The van der Waals surface area contributed by atoms with Gasteiger partial charge in [0.15, 0.2) is 0 Å². The van der Waals surface area contributed by atoms with E-state index in [1.54, 1.807) is 0 Å². The van der Waals surface area contributed by atoms with E-state index in [4.69, 9.17) is 0 Å². The van der Waals surface area contributed by atoms with Gasteiger partial charge in [-0.2, -0.15) is 5.10 Å². The van der Waals surface area contributed by atoms with Crippen molar-refractivity contribution in [1.29, 1.82) is 0 Å². The van der Waals surface area contributed by atoms with E-state index in [-0.39, 0.29) is 5.91 Å². The number of fused-ring (bicyclic) bond motifs is 1. The Morgan fingerprint density at radius 3 is 2.57 bits per heavy atom. The molecule has 0 radical (unpaired) electrons. The van der Waals surface area contributed by atoms with Gasteiger partial charge in [0, 0.05) is 75.5 Å². The molecule has 0 unspecified atom stereocenters. The van der Waals surface area contributed by atoms with Crippen LogP contribution in [0.25, 0.3) is 10.9 Å². The molecule has 1 saturated heterocycles. The topological polar surface area (TPSA) is 46.3 Å². The molecule has 6 nitrogen and oxygen atoms in total. The molecule has 1 aliphatic heterocycles. The van der Waals surface area contributed by atoms with Crippen LogP contribution in [0, 0.1) is 13.8 Å². The molecule has 3 heterocycles. The Kier molecular flexibility index (Phi) is 5.22. The van der Waals surface area contributed by atoms with E-state index in [2.05, 4.69) is 58.1 Å². The molecule has 0 N–H and O–H groups in total. The molecule has 1 aromatic carbocycles. The third kappa shape index (κ3) is 3.83. The molecule has 0 spiro atoms. The highest BCUT2D eigenvalue weighted by molar-refractivity contribution is 5.83. The Morgan fingerprint density at radius 1 is 1.11 bits per heavy atom. The number of carbonyl (C=O) groups is 1. The number of hydrogen-bond acceptors (Lipinski definition) is 3. The van der Waals surface area contributed by atoms with Crippen LogP contribution in [0.1, 0.15) is 23.4 Å². The minimum Gasteiger partial charge on any atom is -0.350 e. The van der Waals surface area contributed by atoms with Crippen LogP contribution in [0.4, 0.5) is 0 Å². The molecule has 4 rings (SSSR count). The van der Waals surface area contributed by atoms with Crippen LogP contribution < -0.4 is 0 Å². The van der Waals surface area contributed by atoms with Gasteiger partial charge in [0.1, 0.15) is 0 Å². The predicted octanol–water partition coefficient (Wildman–Crippen LogP) is 2.73. The fourth-order valence-electron chi connectivity index (χ4n) is 4.21. The minimum absolute atomic E-state index is 0.234. The van der Waals surface area contributed by atoms with Crippen LogP contribution in [-0.4, -0.2) is 56.2 Å². The minimum atomic E-state index is 0.234.